The lowest BCUT2D eigenvalue weighted by Crippen LogP contribution is -2.32. The minimum absolute atomic E-state index is 0.0978. The number of aliphatic imine (C=N–C) groups is 1. The van der Waals surface area contributed by atoms with Crippen LogP contribution in [0.15, 0.2) is 4.99 Å². The number of hydrogen-bond acceptors (Lipinski definition) is 4. The van der Waals surface area contributed by atoms with Gasteiger partial charge in [-0.1, -0.05) is 18.5 Å². The fourth-order valence-electron chi connectivity index (χ4n) is 1.12. The molecule has 0 aliphatic carbocycles. The van der Waals surface area contributed by atoms with E-state index in [0.29, 0.717) is 0 Å². The molecule has 1 unspecified atom stereocenters. The summed E-state index contributed by atoms with van der Waals surface area (Å²) in [5.74, 6) is -0.0978. The number of carbonyl (C=O) groups is 1. The zero-order valence-electron chi connectivity index (χ0n) is 10.1. The molecule has 2 N–H and O–H groups in total. The van der Waals surface area contributed by atoms with Gasteiger partial charge in [0.05, 0.1) is 22.9 Å². The third kappa shape index (κ3) is 8.23. The molecule has 0 aromatic heterocycles. The van der Waals surface area contributed by atoms with Gasteiger partial charge in [-0.05, 0) is 25.6 Å². The molecule has 0 aromatic carbocycles. The molecule has 0 aliphatic heterocycles. The van der Waals surface area contributed by atoms with Gasteiger partial charge in [0.25, 0.3) is 0 Å². The zero-order valence-corrected chi connectivity index (χ0v) is 13.8. The second-order valence-electron chi connectivity index (χ2n) is 3.36. The van der Waals surface area contributed by atoms with Crippen LogP contribution in [0.2, 0.25) is 0 Å². The van der Waals surface area contributed by atoms with Crippen LogP contribution in [0.4, 0.5) is 0 Å². The predicted octanol–water partition coefficient (Wildman–Crippen LogP) is 2.21. The molecule has 0 saturated carbocycles. The van der Waals surface area contributed by atoms with Gasteiger partial charge in [-0.25, -0.2) is 0 Å². The highest BCUT2D eigenvalue weighted by Gasteiger charge is 2.24. The highest BCUT2D eigenvalue weighted by Crippen LogP contribution is 2.18. The van der Waals surface area contributed by atoms with Crippen LogP contribution in [0.1, 0.15) is 19.8 Å². The predicted molar refractivity (Wildman–Crippen MR) is 85.4 cm³/mol. The number of nitrogens with one attached hydrogen (secondary N) is 2. The molecule has 0 radical (unpaired) electrons. The van der Waals surface area contributed by atoms with Crippen LogP contribution in [0.25, 0.3) is 0 Å². The third-order valence-electron chi connectivity index (χ3n) is 1.98. The highest BCUT2D eigenvalue weighted by atomic mass is 127. The van der Waals surface area contributed by atoms with Gasteiger partial charge in [0, 0.05) is 12.8 Å². The summed E-state index contributed by atoms with van der Waals surface area (Å²) >= 11 is 9.27. The molecule has 0 bridgehead atoms. The molecule has 0 aliphatic rings. The molecular weight excluding hydrogens is 373 g/mol. The first-order valence-electron chi connectivity index (χ1n) is 5.47. The van der Waals surface area contributed by atoms with E-state index in [1.807, 2.05) is 29.1 Å². The van der Waals surface area contributed by atoms with Crippen LogP contribution in [-0.2, 0) is 4.79 Å². The average Bonchev–Trinajstić information content (AvgIpc) is 2.34. The molecule has 100 valence electrons. The molecule has 2 atom stereocenters. The maximum absolute atomic E-state index is 11.4. The summed E-state index contributed by atoms with van der Waals surface area (Å²) in [6.45, 7) is 4.04. The minimum atomic E-state index is -0.508. The monoisotopic (exact) mass is 391 g/mol. The molecule has 0 heterocycles. The van der Waals surface area contributed by atoms with Crippen LogP contribution in [0.3, 0.4) is 0 Å². The zero-order chi connectivity index (χ0) is 13.1. The van der Waals surface area contributed by atoms with E-state index in [-0.39, 0.29) is 11.2 Å². The van der Waals surface area contributed by atoms with Crippen molar-refractivity contribution < 1.29 is 4.79 Å². The van der Waals surface area contributed by atoms with Crippen molar-refractivity contribution >= 4 is 58.3 Å². The van der Waals surface area contributed by atoms with Crippen molar-refractivity contribution in [2.45, 2.75) is 30.5 Å². The largest absolute Gasteiger partial charge is 0.316 e. The summed E-state index contributed by atoms with van der Waals surface area (Å²) in [5.41, 5.74) is -0.508. The maximum Gasteiger partial charge on any atom is 0.245 e. The number of rotatable bonds is 9. The Morgan fingerprint density at radius 3 is 2.82 bits per heavy atom. The average molecular weight is 392 g/mol. The molecule has 7 heteroatoms. The van der Waals surface area contributed by atoms with E-state index >= 15 is 0 Å². The Labute approximate surface area is 126 Å². The quantitative estimate of drug-likeness (QED) is 0.158. The van der Waals surface area contributed by atoms with Crippen molar-refractivity contribution in [3.63, 3.8) is 0 Å². The molecule has 17 heavy (non-hydrogen) atoms. The van der Waals surface area contributed by atoms with Gasteiger partial charge in [-0.2, -0.15) is 0 Å². The normalized spacial score (nSPS) is 14.8. The second kappa shape index (κ2) is 11.6. The molecule has 0 saturated heterocycles. The van der Waals surface area contributed by atoms with E-state index in [4.69, 9.17) is 11.6 Å². The molecule has 1 amide bonds. The fraction of sp³-hybridized carbons (Fsp3) is 0.800. The lowest BCUT2D eigenvalue weighted by atomic mass is 10.4. The topological polar surface area (TPSA) is 53.5 Å². The van der Waals surface area contributed by atoms with Gasteiger partial charge >= 0.3 is 0 Å². The van der Waals surface area contributed by atoms with Crippen LogP contribution in [0, 0.1) is 0 Å². The Hall–Kier alpha value is 0.470. The molecular formula is C10H19ClIN3OS. The Morgan fingerprint density at radius 1 is 1.59 bits per heavy atom. The Bertz CT molecular complexity index is 244. The number of hydrogen-bond donors (Lipinski definition) is 2. The molecule has 0 fully saturated rings. The minimum Gasteiger partial charge on any atom is -0.316 e. The SMILES string of the molecule is CCCNCCC=NC(Cl)[C@H](SC)C(=O)NI. The van der Waals surface area contributed by atoms with Gasteiger partial charge in [0.2, 0.25) is 5.91 Å². The van der Waals surface area contributed by atoms with Gasteiger partial charge in [0.1, 0.15) is 10.8 Å². The maximum atomic E-state index is 11.4. The van der Waals surface area contributed by atoms with Crippen molar-refractivity contribution in [3.8, 4) is 0 Å². The number of carbonyl (C=O) groups excluding carboxylic acids is 1. The van der Waals surface area contributed by atoms with E-state index < -0.39 is 5.50 Å². The Kier molecular flexibility index (Phi) is 11.9. The van der Waals surface area contributed by atoms with E-state index in [9.17, 15) is 4.79 Å². The number of alkyl halides is 1. The first-order valence-corrected chi connectivity index (χ1v) is 8.27. The molecule has 0 spiro atoms. The first kappa shape index (κ1) is 17.5. The van der Waals surface area contributed by atoms with E-state index in [0.717, 1.165) is 25.9 Å². The van der Waals surface area contributed by atoms with Gasteiger partial charge < -0.3 is 5.32 Å². The Morgan fingerprint density at radius 2 is 2.29 bits per heavy atom. The summed E-state index contributed by atoms with van der Waals surface area (Å²) in [5, 5.41) is 2.93. The van der Waals surface area contributed by atoms with Crippen molar-refractivity contribution in [1.82, 2.24) is 8.85 Å². The van der Waals surface area contributed by atoms with Crippen molar-refractivity contribution in [2.24, 2.45) is 4.99 Å². The van der Waals surface area contributed by atoms with Gasteiger partial charge in [-0.3, -0.25) is 13.3 Å². The lowest BCUT2D eigenvalue weighted by molar-refractivity contribution is -0.118. The second-order valence-corrected chi connectivity index (χ2v) is 5.32. The van der Waals surface area contributed by atoms with Gasteiger partial charge in [0.15, 0.2) is 0 Å². The summed E-state index contributed by atoms with van der Waals surface area (Å²) in [7, 11) is 0. The molecule has 4 nitrogen and oxygen atoms in total. The lowest BCUT2D eigenvalue weighted by Gasteiger charge is -2.14. The summed E-state index contributed by atoms with van der Waals surface area (Å²) < 4.78 is 2.55. The Balaban J connectivity index is 3.91. The van der Waals surface area contributed by atoms with Crippen LogP contribution < -0.4 is 8.85 Å². The van der Waals surface area contributed by atoms with E-state index in [1.165, 1.54) is 11.8 Å². The van der Waals surface area contributed by atoms with E-state index in [2.05, 4.69) is 20.8 Å². The smallest absolute Gasteiger partial charge is 0.245 e. The van der Waals surface area contributed by atoms with Crippen LogP contribution >= 0.6 is 46.2 Å². The standard InChI is InChI=1S/C10H19ClIN3OS/c1-3-5-13-6-4-7-14-9(11)8(17-2)10(16)15-12/h7-9,13H,3-6H2,1-2H3,(H,15,16)/t8-,9?/m0/s1. The first-order chi connectivity index (χ1) is 8.17. The number of nitrogens with zero attached hydrogens (tertiary/aromatic N) is 1. The van der Waals surface area contributed by atoms with Crippen molar-refractivity contribution in [2.75, 3.05) is 19.3 Å². The van der Waals surface area contributed by atoms with Crippen molar-refractivity contribution in [1.29, 1.82) is 0 Å². The third-order valence-corrected chi connectivity index (χ3v) is 4.01. The van der Waals surface area contributed by atoms with Crippen molar-refractivity contribution in [3.05, 3.63) is 0 Å². The fourth-order valence-corrected chi connectivity index (χ4v) is 2.74. The van der Waals surface area contributed by atoms with Crippen LogP contribution in [-0.4, -0.2) is 42.2 Å². The summed E-state index contributed by atoms with van der Waals surface area (Å²) in [4.78, 5) is 15.6. The molecule has 0 aromatic rings. The summed E-state index contributed by atoms with van der Waals surface area (Å²) in [6, 6.07) is 0. The summed E-state index contributed by atoms with van der Waals surface area (Å²) in [6.07, 6.45) is 5.59. The number of thioether (sulfide) groups is 1. The highest BCUT2D eigenvalue weighted by molar-refractivity contribution is 14.1. The van der Waals surface area contributed by atoms with E-state index in [1.54, 1.807) is 6.21 Å². The number of halogens is 2. The number of amides is 1. The molecule has 0 rings (SSSR count). The van der Waals surface area contributed by atoms with Gasteiger partial charge in [-0.15, -0.1) is 11.8 Å². The van der Waals surface area contributed by atoms with Crippen LogP contribution in [0.5, 0.6) is 0 Å².